The molecule has 0 aliphatic heterocycles. The van der Waals surface area contributed by atoms with E-state index in [1.165, 1.54) is 0 Å². The van der Waals surface area contributed by atoms with Gasteiger partial charge in [-0.2, -0.15) is 0 Å². The van der Waals surface area contributed by atoms with Gasteiger partial charge in [0.2, 0.25) is 5.91 Å². The van der Waals surface area contributed by atoms with E-state index in [0.717, 1.165) is 70.7 Å². The maximum Gasteiger partial charge on any atom is 0.227 e. The number of amides is 1. The summed E-state index contributed by atoms with van der Waals surface area (Å²) in [6.07, 6.45) is 11.8. The summed E-state index contributed by atoms with van der Waals surface area (Å²) >= 11 is 0. The van der Waals surface area contributed by atoms with E-state index in [2.05, 4.69) is 68.5 Å². The molecule has 0 aromatic heterocycles. The molecule has 1 amide bonds. The fourth-order valence-electron chi connectivity index (χ4n) is 13.7. The van der Waals surface area contributed by atoms with Crippen LogP contribution >= 0.6 is 0 Å². The molecule has 0 radical (unpaired) electrons. The number of benzene rings is 5. The first-order valence-electron chi connectivity index (χ1n) is 22.9. The number of methoxy groups -OCH3 is 2. The van der Waals surface area contributed by atoms with Crippen LogP contribution in [-0.4, -0.2) is 59.3 Å². The average molecular weight is 842 g/mol. The number of nitrogens with zero attached hydrogens (tertiary/aromatic N) is 1. The summed E-state index contributed by atoms with van der Waals surface area (Å²) in [7, 11) is 3.20. The molecular weight excluding hydrogens is 783 g/mol. The van der Waals surface area contributed by atoms with Crippen molar-refractivity contribution in [1.82, 2.24) is 4.90 Å². The van der Waals surface area contributed by atoms with E-state index in [4.69, 9.17) is 9.47 Å². The average Bonchev–Trinajstić information content (AvgIpc) is 3.58. The van der Waals surface area contributed by atoms with Crippen LogP contribution in [0.3, 0.4) is 0 Å². The lowest BCUT2D eigenvalue weighted by Crippen LogP contribution is -2.67. The highest BCUT2D eigenvalue weighted by Crippen LogP contribution is 2.78. The summed E-state index contributed by atoms with van der Waals surface area (Å²) in [5, 5.41) is 26.9. The Hall–Kier alpha value is -5.50. The third kappa shape index (κ3) is 6.36. The number of rotatable bonds is 11. The van der Waals surface area contributed by atoms with E-state index in [-0.39, 0.29) is 41.9 Å². The Morgan fingerprint density at radius 2 is 1.41 bits per heavy atom. The second-order valence-electron chi connectivity index (χ2n) is 19.8. The largest absolute Gasteiger partial charge is 0.493 e. The molecule has 324 valence electrons. The van der Waals surface area contributed by atoms with Crippen LogP contribution in [0.4, 0.5) is 0 Å². The fraction of sp³-hybridized carbons (Fsp3) is 0.393. The molecule has 2 N–H and O–H groups in total. The Morgan fingerprint density at radius 1 is 0.730 bits per heavy atom. The van der Waals surface area contributed by atoms with Crippen molar-refractivity contribution in [3.63, 3.8) is 0 Å². The standard InChI is InChI=1S/C56H59NO6/c1-52-26-23-43(58)33-54(52)29-30-56(45(34-54)51(60)41-20-18-39(19-21-41)38-11-6-5-7-12-38)48(52)24-27-53(2)49(56)25-28-55(53,61)36-57(35-42-15-10-14-40-13-8-9-16-44(40)42)50(59)32-37-17-22-46(62-3)47(31-37)63-4/h5-22,29-31,34,43,48-49,58,61H,23-28,32-33,35-36H2,1-4H3. The summed E-state index contributed by atoms with van der Waals surface area (Å²) in [5.41, 5.74) is 2.43. The van der Waals surface area contributed by atoms with Crippen LogP contribution in [0.5, 0.6) is 11.5 Å². The monoisotopic (exact) mass is 841 g/mol. The van der Waals surface area contributed by atoms with Gasteiger partial charge >= 0.3 is 0 Å². The van der Waals surface area contributed by atoms with Crippen molar-refractivity contribution in [3.8, 4) is 22.6 Å². The molecule has 6 aliphatic carbocycles. The van der Waals surface area contributed by atoms with Crippen molar-refractivity contribution >= 4 is 22.5 Å². The first-order chi connectivity index (χ1) is 30.4. The fourth-order valence-corrected chi connectivity index (χ4v) is 13.7. The number of carbonyl (C=O) groups is 2. The van der Waals surface area contributed by atoms with Crippen LogP contribution in [-0.2, 0) is 17.8 Å². The lowest BCUT2D eigenvalue weighted by atomic mass is 9.32. The number of aliphatic hydroxyl groups excluding tert-OH is 1. The van der Waals surface area contributed by atoms with Gasteiger partial charge < -0.3 is 24.6 Å². The molecule has 63 heavy (non-hydrogen) atoms. The number of ketones is 1. The summed E-state index contributed by atoms with van der Waals surface area (Å²) in [4.78, 5) is 32.1. The van der Waals surface area contributed by atoms with Gasteiger partial charge in [0.1, 0.15) is 0 Å². The summed E-state index contributed by atoms with van der Waals surface area (Å²) in [6, 6.07) is 38.3. The Labute approximate surface area is 371 Å². The highest BCUT2D eigenvalue weighted by atomic mass is 16.5. The predicted molar refractivity (Wildman–Crippen MR) is 247 cm³/mol. The van der Waals surface area contributed by atoms with Crippen LogP contribution in [0.25, 0.3) is 21.9 Å². The third-order valence-corrected chi connectivity index (χ3v) is 17.1. The molecular formula is C56H59NO6. The molecule has 0 saturated heterocycles. The maximum atomic E-state index is 15.3. The summed E-state index contributed by atoms with van der Waals surface area (Å²) < 4.78 is 11.1. The van der Waals surface area contributed by atoms with Crippen LogP contribution in [0.15, 0.2) is 139 Å². The normalized spacial score (nSPS) is 31.4. The Morgan fingerprint density at radius 3 is 2.19 bits per heavy atom. The van der Waals surface area contributed by atoms with E-state index in [0.29, 0.717) is 36.4 Å². The maximum absolute atomic E-state index is 15.3. The van der Waals surface area contributed by atoms with Crippen molar-refractivity contribution in [2.45, 2.75) is 83.5 Å². The van der Waals surface area contributed by atoms with Gasteiger partial charge in [0, 0.05) is 33.9 Å². The van der Waals surface area contributed by atoms with Crippen molar-refractivity contribution in [2.24, 2.45) is 33.5 Å². The second kappa shape index (κ2) is 15.3. The van der Waals surface area contributed by atoms with Crippen molar-refractivity contribution in [1.29, 1.82) is 0 Å². The molecule has 5 aromatic carbocycles. The summed E-state index contributed by atoms with van der Waals surface area (Å²) in [5.74, 6) is 1.23. The minimum absolute atomic E-state index is 0.0350. The number of ether oxygens (including phenoxy) is 2. The van der Waals surface area contributed by atoms with E-state index in [1.807, 2.05) is 83.8 Å². The van der Waals surface area contributed by atoms with Gasteiger partial charge in [0.05, 0.1) is 38.9 Å². The van der Waals surface area contributed by atoms with Crippen LogP contribution in [0.1, 0.15) is 80.3 Å². The molecule has 7 nitrogen and oxygen atoms in total. The number of allylic oxidation sites excluding steroid dienone is 4. The van der Waals surface area contributed by atoms with Crippen molar-refractivity contribution in [2.75, 3.05) is 20.8 Å². The van der Waals surface area contributed by atoms with Crippen molar-refractivity contribution < 1.29 is 29.3 Å². The molecule has 7 heteroatoms. The lowest BCUT2D eigenvalue weighted by Gasteiger charge is -2.71. The number of hydrogen-bond donors (Lipinski definition) is 2. The molecule has 8 unspecified atom stereocenters. The first kappa shape index (κ1) is 41.5. The quantitative estimate of drug-likeness (QED) is 0.102. The van der Waals surface area contributed by atoms with Crippen LogP contribution in [0.2, 0.25) is 0 Å². The van der Waals surface area contributed by atoms with Gasteiger partial charge in [-0.3, -0.25) is 9.59 Å². The van der Waals surface area contributed by atoms with E-state index >= 15 is 4.79 Å². The Balaban J connectivity index is 1.03. The van der Waals surface area contributed by atoms with Gasteiger partial charge in [-0.25, -0.2) is 0 Å². The van der Waals surface area contributed by atoms with Gasteiger partial charge in [-0.05, 0) is 107 Å². The van der Waals surface area contributed by atoms with Crippen LogP contribution < -0.4 is 9.47 Å². The van der Waals surface area contributed by atoms with Gasteiger partial charge in [0.15, 0.2) is 17.3 Å². The number of aliphatic hydroxyl groups is 2. The smallest absolute Gasteiger partial charge is 0.227 e. The summed E-state index contributed by atoms with van der Waals surface area (Å²) in [6.45, 7) is 5.17. The number of hydrogen-bond acceptors (Lipinski definition) is 6. The zero-order chi connectivity index (χ0) is 43.8. The Bertz CT molecular complexity index is 2650. The molecule has 6 aliphatic rings. The molecule has 5 aromatic rings. The Kier molecular flexibility index (Phi) is 10.1. The van der Waals surface area contributed by atoms with E-state index in [9.17, 15) is 15.0 Å². The number of fused-ring (bicyclic) bond motifs is 2. The van der Waals surface area contributed by atoms with Gasteiger partial charge in [-0.1, -0.05) is 135 Å². The number of Topliss-reactive ketones (excluding diaryl/α,β-unsaturated/α-hetero) is 1. The molecule has 2 bridgehead atoms. The minimum Gasteiger partial charge on any atom is -0.493 e. The molecule has 3 fully saturated rings. The number of carbonyl (C=O) groups excluding carboxylic acids is 2. The van der Waals surface area contributed by atoms with Gasteiger partial charge in [-0.15, -0.1) is 0 Å². The predicted octanol–water partition coefficient (Wildman–Crippen LogP) is 10.6. The highest BCUT2D eigenvalue weighted by molar-refractivity contribution is 6.10. The lowest BCUT2D eigenvalue weighted by molar-refractivity contribution is -0.178. The second-order valence-corrected chi connectivity index (χ2v) is 19.8. The molecule has 3 saturated carbocycles. The van der Waals surface area contributed by atoms with E-state index < -0.39 is 27.9 Å². The molecule has 11 rings (SSSR count). The zero-order valence-electron chi connectivity index (χ0n) is 37.0. The highest BCUT2D eigenvalue weighted by Gasteiger charge is 2.74. The van der Waals surface area contributed by atoms with E-state index in [1.54, 1.807) is 14.2 Å². The first-order valence-corrected chi connectivity index (χ1v) is 22.9. The van der Waals surface area contributed by atoms with Gasteiger partial charge in [0.25, 0.3) is 0 Å². The topological polar surface area (TPSA) is 96.3 Å². The zero-order valence-corrected chi connectivity index (χ0v) is 37.0. The molecule has 8 atom stereocenters. The molecule has 2 spiro atoms. The SMILES string of the molecule is COc1ccc(CC(=O)N(Cc2cccc3ccccc23)CC2(O)CCC3C45C=CC6(C=C4C(=O)c4ccc(-c7ccccc7)cc4)CC(O)CCC6(C)C5CCC32C)cc1OC. The molecule has 0 heterocycles. The van der Waals surface area contributed by atoms with Crippen LogP contribution in [0, 0.1) is 33.5 Å². The van der Waals surface area contributed by atoms with Crippen molar-refractivity contribution in [3.05, 3.63) is 156 Å². The third-order valence-electron chi connectivity index (χ3n) is 17.1. The minimum atomic E-state index is -1.23.